The number of fused-ring (bicyclic) bond motifs is 2. The number of piperidine rings is 1. The molecule has 1 saturated heterocycles. The smallest absolute Gasteiger partial charge is 0.322 e. The van der Waals surface area contributed by atoms with Gasteiger partial charge in [-0.2, -0.15) is 0 Å². The molecule has 3 unspecified atom stereocenters. The zero-order valence-corrected chi connectivity index (χ0v) is 19.7. The van der Waals surface area contributed by atoms with E-state index >= 15 is 0 Å². The number of nitrogens with one attached hydrogen (secondary N) is 3. The van der Waals surface area contributed by atoms with Crippen molar-refractivity contribution in [1.29, 1.82) is 10.8 Å². The largest absolute Gasteiger partial charge is 0.428 e. The summed E-state index contributed by atoms with van der Waals surface area (Å²) >= 11 is 0. The Morgan fingerprint density at radius 3 is 2.58 bits per heavy atom. The molecule has 2 aliphatic rings. The Kier molecular flexibility index (Phi) is 7.09. The third kappa shape index (κ3) is 4.72. The molecule has 1 aromatic heterocycles. The third-order valence-corrected chi connectivity index (χ3v) is 6.01. The van der Waals surface area contributed by atoms with Gasteiger partial charge in [-0.25, -0.2) is 19.2 Å². The standard InChI is InChI=1S/C22H25FN6O2.C2H6.H2/c1-12-6-17-9-22(8-12,20(25)31-14(3)24)29(17)21(30)28-16-5-4-13(2)18(7-16)19-26-10-15(23)11-27-19;1-2;/h4-5,7,10-12,17,24-25H,6,8-9H2,1-3H3,(H,28,30);1-2H3;1H. The number of hydrogen-bond donors (Lipinski definition) is 3. The van der Waals surface area contributed by atoms with E-state index in [2.05, 4.69) is 22.2 Å². The fourth-order valence-corrected chi connectivity index (χ4v) is 4.79. The summed E-state index contributed by atoms with van der Waals surface area (Å²) in [6.07, 6.45) is 4.38. The highest BCUT2D eigenvalue weighted by Gasteiger charge is 2.62. The first-order valence-electron chi connectivity index (χ1n) is 11.2. The van der Waals surface area contributed by atoms with Crippen molar-refractivity contribution in [1.82, 2.24) is 14.9 Å². The Bertz CT molecular complexity index is 1060. The van der Waals surface area contributed by atoms with E-state index in [9.17, 15) is 9.18 Å². The molecule has 2 bridgehead atoms. The lowest BCUT2D eigenvalue weighted by molar-refractivity contribution is -0.0539. The van der Waals surface area contributed by atoms with Crippen LogP contribution >= 0.6 is 0 Å². The van der Waals surface area contributed by atoms with E-state index in [0.29, 0.717) is 35.8 Å². The van der Waals surface area contributed by atoms with Gasteiger partial charge in [-0.3, -0.25) is 10.8 Å². The zero-order valence-electron chi connectivity index (χ0n) is 19.7. The minimum atomic E-state index is -0.817. The molecule has 4 rings (SSSR count). The van der Waals surface area contributed by atoms with E-state index in [4.69, 9.17) is 15.6 Å². The average molecular weight is 457 g/mol. The number of aryl methyl sites for hydroxylation is 1. The van der Waals surface area contributed by atoms with E-state index in [1.165, 1.54) is 6.92 Å². The van der Waals surface area contributed by atoms with E-state index in [1.54, 1.807) is 17.0 Å². The number of anilines is 1. The number of rotatable bonds is 3. The summed E-state index contributed by atoms with van der Waals surface area (Å²) in [7, 11) is 0. The molecule has 0 spiro atoms. The van der Waals surface area contributed by atoms with Crippen molar-refractivity contribution in [3.63, 3.8) is 0 Å². The van der Waals surface area contributed by atoms with Crippen LogP contribution in [-0.2, 0) is 4.74 Å². The topological polar surface area (TPSA) is 115 Å². The van der Waals surface area contributed by atoms with Crippen LogP contribution in [0.4, 0.5) is 14.9 Å². The summed E-state index contributed by atoms with van der Waals surface area (Å²) in [5.41, 5.74) is 1.33. The normalized spacial score (nSPS) is 22.9. The van der Waals surface area contributed by atoms with Gasteiger partial charge in [-0.1, -0.05) is 26.8 Å². The van der Waals surface area contributed by atoms with Crippen molar-refractivity contribution < 1.29 is 15.3 Å². The Morgan fingerprint density at radius 2 is 1.94 bits per heavy atom. The Hall–Kier alpha value is -3.36. The number of amides is 2. The van der Waals surface area contributed by atoms with Crippen molar-refractivity contribution >= 4 is 23.5 Å². The number of halogens is 1. The molecule has 3 N–H and O–H groups in total. The van der Waals surface area contributed by atoms with Gasteiger partial charge < -0.3 is 15.0 Å². The number of likely N-dealkylation sites (tertiary alicyclic amines) is 1. The van der Waals surface area contributed by atoms with E-state index in [-0.39, 0.29) is 25.3 Å². The lowest BCUT2D eigenvalue weighted by atomic mass is 9.64. The number of urea groups is 1. The number of benzene rings is 1. The molecule has 33 heavy (non-hydrogen) atoms. The SMILES string of the molecule is CC.CC(=N)OC(=N)C12CC(C)CC(C1)N2C(=O)Nc1ccc(C)c(-c2ncc(F)cn2)c1.[HH]. The molecule has 0 radical (unpaired) electrons. The molecular weight excluding hydrogens is 423 g/mol. The van der Waals surface area contributed by atoms with Gasteiger partial charge in [-0.15, -0.1) is 0 Å². The van der Waals surface area contributed by atoms with Crippen molar-refractivity contribution in [2.45, 2.75) is 65.5 Å². The average Bonchev–Trinajstić information content (AvgIpc) is 2.76. The molecule has 1 aromatic carbocycles. The van der Waals surface area contributed by atoms with E-state index in [1.807, 2.05) is 26.8 Å². The summed E-state index contributed by atoms with van der Waals surface area (Å²) in [6.45, 7) is 9.47. The quantitative estimate of drug-likeness (QED) is 0.410. The van der Waals surface area contributed by atoms with Gasteiger partial charge in [0.05, 0.1) is 12.4 Å². The highest BCUT2D eigenvalue weighted by Crippen LogP contribution is 2.50. The van der Waals surface area contributed by atoms with Crippen LogP contribution in [0.25, 0.3) is 11.4 Å². The molecule has 1 aliphatic carbocycles. The first kappa shape index (κ1) is 24.3. The maximum atomic E-state index is 13.2. The molecule has 3 atom stereocenters. The summed E-state index contributed by atoms with van der Waals surface area (Å²) < 4.78 is 18.5. The molecule has 1 saturated carbocycles. The lowest BCUT2D eigenvalue weighted by Gasteiger charge is -2.62. The van der Waals surface area contributed by atoms with Gasteiger partial charge in [0.25, 0.3) is 0 Å². The van der Waals surface area contributed by atoms with Crippen LogP contribution < -0.4 is 5.32 Å². The van der Waals surface area contributed by atoms with Crippen LogP contribution in [0.2, 0.25) is 0 Å². The first-order chi connectivity index (χ1) is 15.7. The first-order valence-corrected chi connectivity index (χ1v) is 11.2. The Labute approximate surface area is 195 Å². The molecule has 8 nitrogen and oxygen atoms in total. The molecule has 1 aliphatic heterocycles. The van der Waals surface area contributed by atoms with Gasteiger partial charge in [0.1, 0.15) is 5.54 Å². The van der Waals surface area contributed by atoms with Crippen LogP contribution in [0.3, 0.4) is 0 Å². The number of carbonyl (C=O) groups excluding carboxylic acids is 1. The molecular formula is C24H33FN6O2. The molecule has 2 amide bonds. The van der Waals surface area contributed by atoms with Crippen molar-refractivity contribution in [3.05, 3.63) is 42.0 Å². The number of carbonyl (C=O) groups is 1. The van der Waals surface area contributed by atoms with Gasteiger partial charge in [0.2, 0.25) is 5.90 Å². The lowest BCUT2D eigenvalue weighted by Crippen LogP contribution is -2.75. The van der Waals surface area contributed by atoms with Crippen molar-refractivity contribution in [3.8, 4) is 11.4 Å². The minimum Gasteiger partial charge on any atom is -0.428 e. The van der Waals surface area contributed by atoms with E-state index < -0.39 is 11.4 Å². The predicted molar refractivity (Wildman–Crippen MR) is 128 cm³/mol. The van der Waals surface area contributed by atoms with Crippen molar-refractivity contribution in [2.24, 2.45) is 5.92 Å². The third-order valence-electron chi connectivity index (χ3n) is 6.01. The second-order valence-corrected chi connectivity index (χ2v) is 8.48. The summed E-state index contributed by atoms with van der Waals surface area (Å²) in [6, 6.07) is 5.11. The fourth-order valence-electron chi connectivity index (χ4n) is 4.79. The van der Waals surface area contributed by atoms with E-state index in [0.717, 1.165) is 24.4 Å². The number of ether oxygens (including phenoxy) is 1. The Balaban J connectivity index is 0.00000133. The fraction of sp³-hybridized carbons (Fsp3) is 0.458. The monoisotopic (exact) mass is 456 g/mol. The van der Waals surface area contributed by atoms with Crippen LogP contribution in [0.1, 0.15) is 53.9 Å². The molecule has 178 valence electrons. The second-order valence-electron chi connectivity index (χ2n) is 8.48. The summed E-state index contributed by atoms with van der Waals surface area (Å²) in [5.74, 6) is 0.0998. The molecule has 9 heteroatoms. The summed E-state index contributed by atoms with van der Waals surface area (Å²) in [4.78, 5) is 23.0. The van der Waals surface area contributed by atoms with Gasteiger partial charge >= 0.3 is 6.03 Å². The van der Waals surface area contributed by atoms with Crippen LogP contribution in [-0.4, -0.2) is 44.3 Å². The molecule has 2 aromatic rings. The van der Waals surface area contributed by atoms with Crippen LogP contribution in [0.15, 0.2) is 30.6 Å². The van der Waals surface area contributed by atoms with Crippen LogP contribution in [0, 0.1) is 29.5 Å². The van der Waals surface area contributed by atoms with Gasteiger partial charge in [-0.05, 0) is 43.4 Å². The number of aromatic nitrogens is 2. The molecule has 2 fully saturated rings. The maximum absolute atomic E-state index is 13.2. The summed E-state index contributed by atoms with van der Waals surface area (Å²) in [5, 5.41) is 18.9. The highest BCUT2D eigenvalue weighted by molar-refractivity contribution is 6.00. The van der Waals surface area contributed by atoms with Gasteiger partial charge in [0.15, 0.2) is 17.5 Å². The highest BCUT2D eigenvalue weighted by atomic mass is 19.1. The molecule has 2 heterocycles. The van der Waals surface area contributed by atoms with Crippen molar-refractivity contribution in [2.75, 3.05) is 5.32 Å². The van der Waals surface area contributed by atoms with Crippen LogP contribution in [0.5, 0.6) is 0 Å². The Morgan fingerprint density at radius 1 is 1.27 bits per heavy atom. The maximum Gasteiger partial charge on any atom is 0.322 e. The minimum absolute atomic E-state index is 0. The van der Waals surface area contributed by atoms with Gasteiger partial charge in [0, 0.05) is 32.1 Å². The number of hydrogen-bond acceptors (Lipinski definition) is 6. The predicted octanol–water partition coefficient (Wildman–Crippen LogP) is 5.63. The second kappa shape index (κ2) is 9.64. The number of nitrogens with zero attached hydrogens (tertiary/aromatic N) is 3. The zero-order chi connectivity index (χ0) is 24.3.